The molecule has 0 saturated carbocycles. The predicted molar refractivity (Wildman–Crippen MR) is 62.3 cm³/mol. The van der Waals surface area contributed by atoms with Crippen molar-refractivity contribution in [2.75, 3.05) is 0 Å². The van der Waals surface area contributed by atoms with Gasteiger partial charge in [-0.15, -0.1) is 0 Å². The molecule has 0 aliphatic rings. The van der Waals surface area contributed by atoms with E-state index in [9.17, 15) is 8.78 Å². The maximum absolute atomic E-state index is 13.9. The maximum atomic E-state index is 13.9. The number of halogens is 2. The first-order valence-electron chi connectivity index (χ1n) is 5.31. The van der Waals surface area contributed by atoms with Gasteiger partial charge in [-0.3, -0.25) is 5.84 Å². The summed E-state index contributed by atoms with van der Waals surface area (Å²) < 4.78 is 27.4. The lowest BCUT2D eigenvalue weighted by molar-refractivity contribution is 0.476. The van der Waals surface area contributed by atoms with Crippen LogP contribution in [-0.2, 0) is 0 Å². The number of rotatable bonds is 3. The highest BCUT2D eigenvalue weighted by Gasteiger charge is 2.21. The summed E-state index contributed by atoms with van der Waals surface area (Å²) in [6.07, 6.45) is 2.83. The van der Waals surface area contributed by atoms with Crippen LogP contribution in [-0.4, -0.2) is 9.97 Å². The van der Waals surface area contributed by atoms with Crippen molar-refractivity contribution in [2.45, 2.75) is 13.0 Å². The zero-order valence-electron chi connectivity index (χ0n) is 9.69. The quantitative estimate of drug-likeness (QED) is 0.641. The van der Waals surface area contributed by atoms with Crippen molar-refractivity contribution in [2.24, 2.45) is 5.84 Å². The van der Waals surface area contributed by atoms with Gasteiger partial charge in [0.2, 0.25) is 0 Å². The highest BCUT2D eigenvalue weighted by molar-refractivity contribution is 5.32. The third kappa shape index (κ3) is 2.20. The number of hydrazine groups is 1. The molecule has 0 spiro atoms. The lowest BCUT2D eigenvalue weighted by atomic mass is 10.0. The number of nitrogens with two attached hydrogens (primary N) is 1. The first-order chi connectivity index (χ1) is 8.65. The third-order valence-corrected chi connectivity index (χ3v) is 2.68. The van der Waals surface area contributed by atoms with Gasteiger partial charge in [-0.25, -0.2) is 24.2 Å². The molecule has 1 aromatic carbocycles. The fourth-order valence-corrected chi connectivity index (χ4v) is 1.69. The SMILES string of the molecule is Cc1ccc(C(NN)c2ccncn2)c(F)c1F. The normalized spacial score (nSPS) is 12.4. The lowest BCUT2D eigenvalue weighted by Gasteiger charge is -2.17. The number of hydrogen-bond acceptors (Lipinski definition) is 4. The number of benzene rings is 1. The second kappa shape index (κ2) is 5.16. The van der Waals surface area contributed by atoms with Crippen LogP contribution in [0, 0.1) is 18.6 Å². The number of nitrogens with zero attached hydrogens (tertiary/aromatic N) is 2. The molecule has 2 rings (SSSR count). The molecule has 0 radical (unpaired) electrons. The molecular weight excluding hydrogens is 238 g/mol. The van der Waals surface area contributed by atoms with Crippen LogP contribution >= 0.6 is 0 Å². The van der Waals surface area contributed by atoms with E-state index in [2.05, 4.69) is 15.4 Å². The van der Waals surface area contributed by atoms with Crippen LogP contribution in [0.4, 0.5) is 8.78 Å². The summed E-state index contributed by atoms with van der Waals surface area (Å²) in [6, 6.07) is 3.85. The molecule has 4 nitrogen and oxygen atoms in total. The summed E-state index contributed by atoms with van der Waals surface area (Å²) in [5.41, 5.74) is 3.25. The summed E-state index contributed by atoms with van der Waals surface area (Å²) in [4.78, 5) is 7.74. The van der Waals surface area contributed by atoms with Crippen LogP contribution in [0.3, 0.4) is 0 Å². The van der Waals surface area contributed by atoms with E-state index in [1.165, 1.54) is 31.6 Å². The summed E-state index contributed by atoms with van der Waals surface area (Å²) >= 11 is 0. The standard InChI is InChI=1S/C12H12F2N4/c1-7-2-3-8(11(14)10(7)13)12(18-15)9-4-5-16-6-17-9/h2-6,12,18H,15H2,1H3. The van der Waals surface area contributed by atoms with E-state index in [0.717, 1.165) is 0 Å². The molecule has 0 amide bonds. The molecule has 3 N–H and O–H groups in total. The Hall–Kier alpha value is -1.92. The van der Waals surface area contributed by atoms with Crippen LogP contribution < -0.4 is 11.3 Å². The predicted octanol–water partition coefficient (Wildman–Crippen LogP) is 1.62. The Labute approximate surface area is 103 Å². The van der Waals surface area contributed by atoms with E-state index >= 15 is 0 Å². The minimum Gasteiger partial charge on any atom is -0.271 e. The molecule has 1 unspecified atom stereocenters. The van der Waals surface area contributed by atoms with Gasteiger partial charge in [0.05, 0.1) is 11.7 Å². The van der Waals surface area contributed by atoms with Crippen LogP contribution in [0.2, 0.25) is 0 Å². The van der Waals surface area contributed by atoms with Crippen molar-refractivity contribution in [1.82, 2.24) is 15.4 Å². The average Bonchev–Trinajstić information content (AvgIpc) is 2.41. The van der Waals surface area contributed by atoms with Gasteiger partial charge in [-0.2, -0.15) is 0 Å². The maximum Gasteiger partial charge on any atom is 0.164 e. The van der Waals surface area contributed by atoms with Crippen molar-refractivity contribution >= 4 is 0 Å². The second-order valence-electron chi connectivity index (χ2n) is 3.83. The molecule has 0 aliphatic carbocycles. The van der Waals surface area contributed by atoms with Gasteiger partial charge < -0.3 is 0 Å². The van der Waals surface area contributed by atoms with Gasteiger partial charge >= 0.3 is 0 Å². The minimum absolute atomic E-state index is 0.110. The number of aromatic nitrogens is 2. The molecule has 0 aliphatic heterocycles. The lowest BCUT2D eigenvalue weighted by Crippen LogP contribution is -2.30. The molecule has 18 heavy (non-hydrogen) atoms. The molecule has 0 saturated heterocycles. The van der Waals surface area contributed by atoms with E-state index < -0.39 is 17.7 Å². The van der Waals surface area contributed by atoms with Gasteiger partial charge in [0.15, 0.2) is 11.6 Å². The molecular formula is C12H12F2N4. The molecule has 6 heteroatoms. The second-order valence-corrected chi connectivity index (χ2v) is 3.83. The molecule has 1 aromatic heterocycles. The number of aryl methyl sites for hydroxylation is 1. The van der Waals surface area contributed by atoms with E-state index in [4.69, 9.17) is 5.84 Å². The first kappa shape index (κ1) is 12.5. The van der Waals surface area contributed by atoms with Crippen molar-refractivity contribution < 1.29 is 8.78 Å². The zero-order valence-corrected chi connectivity index (χ0v) is 9.69. The number of nitrogens with one attached hydrogen (secondary N) is 1. The molecule has 2 aromatic rings. The topological polar surface area (TPSA) is 63.8 Å². The van der Waals surface area contributed by atoms with Gasteiger partial charge in [0.1, 0.15) is 6.33 Å². The Morgan fingerprint density at radius 1 is 1.22 bits per heavy atom. The van der Waals surface area contributed by atoms with Crippen LogP contribution in [0.15, 0.2) is 30.7 Å². The zero-order chi connectivity index (χ0) is 13.1. The molecule has 94 valence electrons. The summed E-state index contributed by atoms with van der Waals surface area (Å²) in [5, 5.41) is 0. The average molecular weight is 250 g/mol. The monoisotopic (exact) mass is 250 g/mol. The van der Waals surface area contributed by atoms with Crippen molar-refractivity contribution in [3.8, 4) is 0 Å². The Bertz CT molecular complexity index is 545. The Balaban J connectivity index is 2.50. The van der Waals surface area contributed by atoms with E-state index in [-0.39, 0.29) is 11.1 Å². The third-order valence-electron chi connectivity index (χ3n) is 2.68. The van der Waals surface area contributed by atoms with E-state index in [0.29, 0.717) is 5.69 Å². The minimum atomic E-state index is -0.920. The van der Waals surface area contributed by atoms with E-state index in [1.807, 2.05) is 0 Å². The van der Waals surface area contributed by atoms with Crippen molar-refractivity contribution in [3.05, 3.63) is 59.2 Å². The van der Waals surface area contributed by atoms with Crippen LogP contribution in [0.5, 0.6) is 0 Å². The van der Waals surface area contributed by atoms with E-state index in [1.54, 1.807) is 6.07 Å². The Morgan fingerprint density at radius 3 is 2.61 bits per heavy atom. The first-order valence-corrected chi connectivity index (χ1v) is 5.31. The van der Waals surface area contributed by atoms with Crippen LogP contribution in [0.1, 0.15) is 22.9 Å². The number of hydrogen-bond donors (Lipinski definition) is 2. The fourth-order valence-electron chi connectivity index (χ4n) is 1.69. The van der Waals surface area contributed by atoms with Gasteiger partial charge in [-0.05, 0) is 18.6 Å². The van der Waals surface area contributed by atoms with Crippen molar-refractivity contribution in [1.29, 1.82) is 0 Å². The van der Waals surface area contributed by atoms with Gasteiger partial charge in [-0.1, -0.05) is 12.1 Å². The fraction of sp³-hybridized carbons (Fsp3) is 0.167. The molecule has 0 fully saturated rings. The molecule has 1 atom stereocenters. The summed E-state index contributed by atoms with van der Waals surface area (Å²) in [7, 11) is 0. The highest BCUT2D eigenvalue weighted by atomic mass is 19.2. The molecule has 1 heterocycles. The largest absolute Gasteiger partial charge is 0.271 e. The van der Waals surface area contributed by atoms with Crippen molar-refractivity contribution in [3.63, 3.8) is 0 Å². The summed E-state index contributed by atoms with van der Waals surface area (Å²) in [6.45, 7) is 1.50. The van der Waals surface area contributed by atoms with Crippen LogP contribution in [0.25, 0.3) is 0 Å². The Kier molecular flexibility index (Phi) is 3.59. The highest BCUT2D eigenvalue weighted by Crippen LogP contribution is 2.25. The Morgan fingerprint density at radius 2 is 2.00 bits per heavy atom. The smallest absolute Gasteiger partial charge is 0.164 e. The molecule has 0 bridgehead atoms. The van der Waals surface area contributed by atoms with Gasteiger partial charge in [0.25, 0.3) is 0 Å². The summed E-state index contributed by atoms with van der Waals surface area (Å²) in [5.74, 6) is 3.60. The van der Waals surface area contributed by atoms with Gasteiger partial charge in [0, 0.05) is 11.8 Å².